The maximum absolute atomic E-state index is 12.9. The van der Waals surface area contributed by atoms with Gasteiger partial charge in [-0.15, -0.1) is 0 Å². The van der Waals surface area contributed by atoms with Gasteiger partial charge in [0, 0.05) is 29.3 Å². The van der Waals surface area contributed by atoms with Crippen molar-refractivity contribution < 1.29 is 49.6 Å². The molecule has 182 valence electrons. The van der Waals surface area contributed by atoms with Crippen LogP contribution in [0.4, 0.5) is 0 Å². The van der Waals surface area contributed by atoms with E-state index in [0.29, 0.717) is 11.1 Å². The second-order valence-electron chi connectivity index (χ2n) is 8.39. The van der Waals surface area contributed by atoms with Gasteiger partial charge in [-0.3, -0.25) is 4.79 Å². The second-order valence-corrected chi connectivity index (χ2v) is 8.39. The number of hydrogen-bond acceptors (Lipinski definition) is 10. The number of benzene rings is 3. The Kier molecular flexibility index (Phi) is 5.34. The van der Waals surface area contributed by atoms with Crippen LogP contribution in [0.15, 0.2) is 42.5 Å². The number of carbonyl (C=O) groups excluding carboxylic acids is 1. The average Bonchev–Trinajstić information content (AvgIpc) is 3.19. The van der Waals surface area contributed by atoms with Crippen molar-refractivity contribution >= 4 is 5.78 Å². The molecule has 2 heterocycles. The van der Waals surface area contributed by atoms with Crippen molar-refractivity contribution in [3.63, 3.8) is 0 Å². The molecule has 0 aromatic heterocycles. The molecule has 0 unspecified atom stereocenters. The molecule has 5 rings (SSSR count). The molecule has 10 heteroatoms. The molecule has 0 saturated carbocycles. The van der Waals surface area contributed by atoms with Crippen molar-refractivity contribution in [1.82, 2.24) is 0 Å². The summed E-state index contributed by atoms with van der Waals surface area (Å²) in [5.41, 5.74) is 0.905. The van der Waals surface area contributed by atoms with Crippen LogP contribution in [0.1, 0.15) is 45.2 Å². The van der Waals surface area contributed by atoms with Crippen LogP contribution >= 0.6 is 0 Å². The van der Waals surface area contributed by atoms with Crippen LogP contribution in [0.25, 0.3) is 0 Å². The lowest BCUT2D eigenvalue weighted by atomic mass is 9.84. The van der Waals surface area contributed by atoms with E-state index in [4.69, 9.17) is 14.2 Å². The minimum absolute atomic E-state index is 0.0759. The van der Waals surface area contributed by atoms with E-state index in [1.54, 1.807) is 12.1 Å². The lowest BCUT2D eigenvalue weighted by Crippen LogP contribution is -2.37. The molecule has 2 aliphatic heterocycles. The molecule has 10 nitrogen and oxygen atoms in total. The number of Topliss-reactive ketones (excluding diaryl/α,β-unsaturated/α-hetero) is 1. The molecule has 35 heavy (non-hydrogen) atoms. The van der Waals surface area contributed by atoms with E-state index >= 15 is 0 Å². The third-order valence-electron chi connectivity index (χ3n) is 6.31. The number of phenols is 4. The molecule has 0 aliphatic carbocycles. The molecule has 0 amide bonds. The molecule has 3 aromatic rings. The van der Waals surface area contributed by atoms with Crippen molar-refractivity contribution in [2.45, 2.75) is 24.2 Å². The number of rotatable bonds is 4. The van der Waals surface area contributed by atoms with Gasteiger partial charge in [-0.2, -0.15) is 0 Å². The highest BCUT2D eigenvalue weighted by Gasteiger charge is 2.45. The Morgan fingerprint density at radius 3 is 2.29 bits per heavy atom. The van der Waals surface area contributed by atoms with E-state index in [1.807, 2.05) is 0 Å². The lowest BCUT2D eigenvalue weighted by molar-refractivity contribution is 0.0205. The predicted molar refractivity (Wildman–Crippen MR) is 119 cm³/mol. The highest BCUT2D eigenvalue weighted by atomic mass is 16.5. The van der Waals surface area contributed by atoms with E-state index in [-0.39, 0.29) is 45.6 Å². The molecule has 2 aliphatic rings. The summed E-state index contributed by atoms with van der Waals surface area (Å²) in [7, 11) is 1.40. The fourth-order valence-electron chi connectivity index (χ4n) is 4.74. The zero-order valence-corrected chi connectivity index (χ0v) is 18.4. The first-order valence-corrected chi connectivity index (χ1v) is 10.7. The summed E-state index contributed by atoms with van der Waals surface area (Å²) in [6, 6.07) is 9.35. The van der Waals surface area contributed by atoms with Crippen LogP contribution in [0.3, 0.4) is 0 Å². The third kappa shape index (κ3) is 3.54. The number of aliphatic hydroxyl groups excluding tert-OH is 2. The van der Waals surface area contributed by atoms with E-state index in [2.05, 4.69) is 0 Å². The first-order valence-electron chi connectivity index (χ1n) is 10.7. The predicted octanol–water partition coefficient (Wildman–Crippen LogP) is 2.40. The van der Waals surface area contributed by atoms with E-state index < -0.39 is 42.4 Å². The topological polar surface area (TPSA) is 166 Å². The van der Waals surface area contributed by atoms with Crippen molar-refractivity contribution in [2.24, 2.45) is 0 Å². The first kappa shape index (κ1) is 22.6. The highest BCUT2D eigenvalue weighted by Crippen LogP contribution is 2.53. The Labute approximate surface area is 198 Å². The molecule has 0 spiro atoms. The minimum atomic E-state index is -1.75. The normalized spacial score (nSPS) is 22.7. The number of aromatic hydroxyl groups is 4. The Hall–Kier alpha value is -4.15. The van der Waals surface area contributed by atoms with Crippen LogP contribution in [-0.2, 0) is 0 Å². The second kappa shape index (κ2) is 8.26. The zero-order chi connectivity index (χ0) is 25.0. The molecule has 0 bridgehead atoms. The van der Waals surface area contributed by atoms with Crippen molar-refractivity contribution in [2.75, 3.05) is 13.7 Å². The summed E-state index contributed by atoms with van der Waals surface area (Å²) in [6.45, 7) is -0.395. The van der Waals surface area contributed by atoms with Gasteiger partial charge in [-0.1, -0.05) is 6.07 Å². The maximum atomic E-state index is 12.9. The monoisotopic (exact) mass is 482 g/mol. The summed E-state index contributed by atoms with van der Waals surface area (Å²) >= 11 is 0. The van der Waals surface area contributed by atoms with Gasteiger partial charge in [0.05, 0.1) is 19.6 Å². The fourth-order valence-corrected chi connectivity index (χ4v) is 4.74. The fraction of sp³-hybridized carbons (Fsp3) is 0.240. The standard InChI is InChI=1S/C25H22O10/c1-33-17-4-10(2-3-15(17)29)24-14(9-26)20-13(5-11(27)7-18(20)34-24)25-23(32)22(31)21-16(30)6-12(28)8-19(21)35-25/h2-8,14,23-30,32H,9H2,1H3/t14-,23-,24+,25+/m1/s1. The average molecular weight is 482 g/mol. The van der Waals surface area contributed by atoms with Crippen LogP contribution in [0, 0.1) is 0 Å². The SMILES string of the molecule is COc1cc([C@@H]2Oc3cc(O)cc([C@@H]4Oc5cc(O)cc(O)c5C(=O)[C@H]4O)c3[C@H]2CO)ccc1O. The largest absolute Gasteiger partial charge is 0.508 e. The smallest absolute Gasteiger partial charge is 0.202 e. The van der Waals surface area contributed by atoms with E-state index in [0.717, 1.165) is 12.1 Å². The minimum Gasteiger partial charge on any atom is -0.508 e. The number of hydrogen-bond donors (Lipinski definition) is 6. The molecule has 3 aromatic carbocycles. The molecule has 6 N–H and O–H groups in total. The summed E-state index contributed by atoms with van der Waals surface area (Å²) < 4.78 is 17.1. The molecular formula is C25H22O10. The number of fused-ring (bicyclic) bond motifs is 2. The third-order valence-corrected chi connectivity index (χ3v) is 6.31. The number of ketones is 1. The van der Waals surface area contributed by atoms with E-state index in [1.165, 1.54) is 25.3 Å². The lowest BCUT2D eigenvalue weighted by Gasteiger charge is -2.31. The Bertz CT molecular complexity index is 1330. The maximum Gasteiger partial charge on any atom is 0.202 e. The van der Waals surface area contributed by atoms with Crippen LogP contribution in [0.5, 0.6) is 40.2 Å². The molecule has 4 atom stereocenters. The van der Waals surface area contributed by atoms with Gasteiger partial charge in [-0.05, 0) is 23.8 Å². The van der Waals surface area contributed by atoms with Gasteiger partial charge in [0.25, 0.3) is 0 Å². The van der Waals surface area contributed by atoms with Gasteiger partial charge < -0.3 is 44.8 Å². The number of ether oxygens (including phenoxy) is 3. The van der Waals surface area contributed by atoms with Gasteiger partial charge in [0.1, 0.15) is 40.4 Å². The van der Waals surface area contributed by atoms with Crippen LogP contribution in [-0.4, -0.2) is 56.2 Å². The van der Waals surface area contributed by atoms with Gasteiger partial charge in [0.2, 0.25) is 5.78 Å². The van der Waals surface area contributed by atoms with Gasteiger partial charge >= 0.3 is 0 Å². The highest BCUT2D eigenvalue weighted by molar-refractivity contribution is 6.05. The molecule has 0 fully saturated rings. The van der Waals surface area contributed by atoms with Crippen molar-refractivity contribution in [1.29, 1.82) is 0 Å². The summed E-state index contributed by atoms with van der Waals surface area (Å²) in [5, 5.41) is 61.4. The Balaban J connectivity index is 1.61. The number of carbonyl (C=O) groups is 1. The van der Waals surface area contributed by atoms with Crippen LogP contribution < -0.4 is 14.2 Å². The van der Waals surface area contributed by atoms with Gasteiger partial charge in [-0.25, -0.2) is 0 Å². The Morgan fingerprint density at radius 1 is 0.886 bits per heavy atom. The number of aliphatic hydroxyl groups is 2. The molecule has 0 saturated heterocycles. The number of phenolic OH excluding ortho intramolecular Hbond substituents is 4. The van der Waals surface area contributed by atoms with Gasteiger partial charge in [0.15, 0.2) is 23.7 Å². The zero-order valence-electron chi connectivity index (χ0n) is 18.4. The number of methoxy groups -OCH3 is 1. The van der Waals surface area contributed by atoms with Crippen molar-refractivity contribution in [3.05, 3.63) is 64.7 Å². The van der Waals surface area contributed by atoms with Crippen molar-refractivity contribution in [3.8, 4) is 40.2 Å². The summed E-state index contributed by atoms with van der Waals surface area (Å²) in [6.07, 6.45) is -3.83. The summed E-state index contributed by atoms with van der Waals surface area (Å²) in [4.78, 5) is 12.9. The Morgan fingerprint density at radius 2 is 1.57 bits per heavy atom. The quantitative estimate of drug-likeness (QED) is 0.325. The first-order chi connectivity index (χ1) is 16.7. The molecular weight excluding hydrogens is 460 g/mol. The van der Waals surface area contributed by atoms with Crippen LogP contribution in [0.2, 0.25) is 0 Å². The van der Waals surface area contributed by atoms with E-state index in [9.17, 15) is 35.4 Å². The summed E-state index contributed by atoms with van der Waals surface area (Å²) in [5.74, 6) is -2.44. The molecule has 0 radical (unpaired) electrons.